The van der Waals surface area contributed by atoms with Crippen molar-refractivity contribution in [2.24, 2.45) is 0 Å². The SMILES string of the molecule is CCCCC(CCl)c1ccc(C)cc1. The van der Waals surface area contributed by atoms with Crippen molar-refractivity contribution in [2.45, 2.75) is 39.0 Å². The number of hydrogen-bond donors (Lipinski definition) is 0. The largest absolute Gasteiger partial charge is 0.126 e. The number of unbranched alkanes of at least 4 members (excludes halogenated alkanes) is 1. The van der Waals surface area contributed by atoms with E-state index in [0.29, 0.717) is 5.92 Å². The van der Waals surface area contributed by atoms with Crippen LogP contribution in [-0.4, -0.2) is 5.88 Å². The number of alkyl halides is 1. The molecule has 0 amide bonds. The van der Waals surface area contributed by atoms with Crippen LogP contribution in [0.25, 0.3) is 0 Å². The third kappa shape index (κ3) is 3.34. The molecule has 0 bridgehead atoms. The van der Waals surface area contributed by atoms with Gasteiger partial charge in [-0.05, 0) is 24.8 Å². The Bertz CT molecular complexity index is 250. The molecule has 0 radical (unpaired) electrons. The monoisotopic (exact) mass is 210 g/mol. The predicted molar refractivity (Wildman–Crippen MR) is 64.2 cm³/mol. The highest BCUT2D eigenvalue weighted by Crippen LogP contribution is 2.23. The Balaban J connectivity index is 2.64. The smallest absolute Gasteiger partial charge is 0.0292 e. The van der Waals surface area contributed by atoms with Crippen LogP contribution in [0.15, 0.2) is 24.3 Å². The Morgan fingerprint density at radius 3 is 2.36 bits per heavy atom. The van der Waals surface area contributed by atoms with E-state index in [4.69, 9.17) is 11.6 Å². The number of benzene rings is 1. The summed E-state index contributed by atoms with van der Waals surface area (Å²) in [6.45, 7) is 4.34. The predicted octanol–water partition coefficient (Wildman–Crippen LogP) is 4.51. The van der Waals surface area contributed by atoms with Gasteiger partial charge in [0.05, 0.1) is 0 Å². The zero-order valence-corrected chi connectivity index (χ0v) is 9.85. The third-order valence-electron chi connectivity index (χ3n) is 2.64. The zero-order chi connectivity index (χ0) is 10.4. The summed E-state index contributed by atoms with van der Waals surface area (Å²) >= 11 is 5.98. The molecule has 14 heavy (non-hydrogen) atoms. The maximum absolute atomic E-state index is 5.98. The number of rotatable bonds is 5. The Kier molecular flexibility index (Phi) is 5.03. The maximum atomic E-state index is 5.98. The fourth-order valence-electron chi connectivity index (χ4n) is 1.62. The first-order valence-electron chi connectivity index (χ1n) is 5.40. The molecular formula is C13H19Cl. The fraction of sp³-hybridized carbons (Fsp3) is 0.538. The summed E-state index contributed by atoms with van der Waals surface area (Å²) < 4.78 is 0. The van der Waals surface area contributed by atoms with Gasteiger partial charge < -0.3 is 0 Å². The van der Waals surface area contributed by atoms with Crippen LogP contribution in [0.1, 0.15) is 43.2 Å². The standard InChI is InChI=1S/C13H19Cl/c1-3-4-5-13(10-14)12-8-6-11(2)7-9-12/h6-9,13H,3-5,10H2,1-2H3. The molecule has 0 aliphatic carbocycles. The summed E-state index contributed by atoms with van der Waals surface area (Å²) in [5.74, 6) is 1.28. The number of aryl methyl sites for hydroxylation is 1. The molecule has 1 unspecified atom stereocenters. The topological polar surface area (TPSA) is 0 Å². The third-order valence-corrected chi connectivity index (χ3v) is 3.01. The molecule has 1 atom stereocenters. The van der Waals surface area contributed by atoms with Crippen LogP contribution in [0, 0.1) is 6.92 Å². The van der Waals surface area contributed by atoms with E-state index in [9.17, 15) is 0 Å². The van der Waals surface area contributed by atoms with Crippen LogP contribution in [0.3, 0.4) is 0 Å². The molecule has 78 valence electrons. The lowest BCUT2D eigenvalue weighted by Gasteiger charge is -2.13. The Morgan fingerprint density at radius 1 is 1.21 bits per heavy atom. The minimum absolute atomic E-state index is 0.539. The highest BCUT2D eigenvalue weighted by molar-refractivity contribution is 6.18. The van der Waals surface area contributed by atoms with Crippen LogP contribution in [0.5, 0.6) is 0 Å². The van der Waals surface area contributed by atoms with Gasteiger partial charge in [-0.25, -0.2) is 0 Å². The summed E-state index contributed by atoms with van der Waals surface area (Å²) in [5.41, 5.74) is 2.71. The van der Waals surface area contributed by atoms with Crippen LogP contribution in [-0.2, 0) is 0 Å². The van der Waals surface area contributed by atoms with Crippen molar-refractivity contribution in [2.75, 3.05) is 5.88 Å². The number of halogens is 1. The second-order valence-electron chi connectivity index (χ2n) is 3.90. The van der Waals surface area contributed by atoms with Crippen molar-refractivity contribution in [1.29, 1.82) is 0 Å². The first-order chi connectivity index (χ1) is 6.77. The number of hydrogen-bond acceptors (Lipinski definition) is 0. The molecular weight excluding hydrogens is 192 g/mol. The van der Waals surface area contributed by atoms with E-state index >= 15 is 0 Å². The van der Waals surface area contributed by atoms with Crippen LogP contribution < -0.4 is 0 Å². The average Bonchev–Trinajstić information content (AvgIpc) is 2.21. The molecule has 0 nitrogen and oxygen atoms in total. The molecule has 0 spiro atoms. The van der Waals surface area contributed by atoms with Gasteiger partial charge in [0.25, 0.3) is 0 Å². The molecule has 0 fully saturated rings. The molecule has 0 aliphatic rings. The summed E-state index contributed by atoms with van der Waals surface area (Å²) in [7, 11) is 0. The molecule has 0 saturated heterocycles. The minimum Gasteiger partial charge on any atom is -0.126 e. The van der Waals surface area contributed by atoms with Crippen molar-refractivity contribution in [3.8, 4) is 0 Å². The van der Waals surface area contributed by atoms with Crippen molar-refractivity contribution >= 4 is 11.6 Å². The average molecular weight is 211 g/mol. The summed E-state index contributed by atoms with van der Waals surface area (Å²) in [6, 6.07) is 8.75. The summed E-state index contributed by atoms with van der Waals surface area (Å²) in [4.78, 5) is 0. The molecule has 1 aromatic rings. The first-order valence-corrected chi connectivity index (χ1v) is 5.94. The van der Waals surface area contributed by atoms with E-state index in [2.05, 4.69) is 38.1 Å². The lowest BCUT2D eigenvalue weighted by atomic mass is 9.95. The molecule has 1 heteroatoms. The van der Waals surface area contributed by atoms with Gasteiger partial charge in [-0.1, -0.05) is 49.6 Å². The lowest BCUT2D eigenvalue weighted by Crippen LogP contribution is -2.00. The van der Waals surface area contributed by atoms with E-state index in [1.807, 2.05) is 0 Å². The molecule has 0 N–H and O–H groups in total. The van der Waals surface area contributed by atoms with Gasteiger partial charge in [-0.2, -0.15) is 0 Å². The molecule has 0 aliphatic heterocycles. The van der Waals surface area contributed by atoms with Crippen molar-refractivity contribution < 1.29 is 0 Å². The Hall–Kier alpha value is -0.490. The maximum Gasteiger partial charge on any atom is 0.0292 e. The van der Waals surface area contributed by atoms with Crippen LogP contribution in [0.2, 0.25) is 0 Å². The van der Waals surface area contributed by atoms with Gasteiger partial charge in [-0.3, -0.25) is 0 Å². The summed E-state index contributed by atoms with van der Waals surface area (Å²) in [5, 5.41) is 0. The van der Waals surface area contributed by atoms with E-state index in [0.717, 1.165) is 5.88 Å². The Morgan fingerprint density at radius 2 is 1.86 bits per heavy atom. The highest BCUT2D eigenvalue weighted by Gasteiger charge is 2.08. The van der Waals surface area contributed by atoms with E-state index in [-0.39, 0.29) is 0 Å². The second-order valence-corrected chi connectivity index (χ2v) is 4.21. The molecule has 0 heterocycles. The van der Waals surface area contributed by atoms with Gasteiger partial charge in [0, 0.05) is 5.88 Å². The normalized spacial score (nSPS) is 12.8. The second kappa shape index (κ2) is 6.08. The lowest BCUT2D eigenvalue weighted by molar-refractivity contribution is 0.628. The van der Waals surface area contributed by atoms with E-state index < -0.39 is 0 Å². The van der Waals surface area contributed by atoms with Crippen LogP contribution >= 0.6 is 11.6 Å². The molecule has 0 saturated carbocycles. The van der Waals surface area contributed by atoms with Crippen LogP contribution in [0.4, 0.5) is 0 Å². The fourth-order valence-corrected chi connectivity index (χ4v) is 1.95. The van der Waals surface area contributed by atoms with Gasteiger partial charge in [0.1, 0.15) is 0 Å². The molecule has 1 rings (SSSR count). The van der Waals surface area contributed by atoms with Crippen molar-refractivity contribution in [3.05, 3.63) is 35.4 Å². The summed E-state index contributed by atoms with van der Waals surface area (Å²) in [6.07, 6.45) is 3.73. The van der Waals surface area contributed by atoms with Gasteiger partial charge in [-0.15, -0.1) is 11.6 Å². The first kappa shape index (κ1) is 11.6. The molecule has 1 aromatic carbocycles. The van der Waals surface area contributed by atoms with E-state index in [1.165, 1.54) is 30.4 Å². The van der Waals surface area contributed by atoms with Gasteiger partial charge in [0.2, 0.25) is 0 Å². The highest BCUT2D eigenvalue weighted by atomic mass is 35.5. The van der Waals surface area contributed by atoms with E-state index in [1.54, 1.807) is 0 Å². The Labute approximate surface area is 92.3 Å². The quantitative estimate of drug-likeness (QED) is 0.628. The minimum atomic E-state index is 0.539. The molecule has 0 aromatic heterocycles. The van der Waals surface area contributed by atoms with Crippen molar-refractivity contribution in [3.63, 3.8) is 0 Å². The zero-order valence-electron chi connectivity index (χ0n) is 9.09. The van der Waals surface area contributed by atoms with Gasteiger partial charge >= 0.3 is 0 Å². The van der Waals surface area contributed by atoms with Crippen molar-refractivity contribution in [1.82, 2.24) is 0 Å². The van der Waals surface area contributed by atoms with Gasteiger partial charge in [0.15, 0.2) is 0 Å².